The summed E-state index contributed by atoms with van der Waals surface area (Å²) in [7, 11) is 0. The van der Waals surface area contributed by atoms with Gasteiger partial charge in [0.05, 0.1) is 0 Å². The molecular weight excluding hydrogens is 337 g/mol. The van der Waals surface area contributed by atoms with Crippen LogP contribution in [-0.4, -0.2) is 12.7 Å². The molecular formula is C16H15BrFNO2. The van der Waals surface area contributed by atoms with Gasteiger partial charge < -0.3 is 15.2 Å². The fourth-order valence-electron chi connectivity index (χ4n) is 2.41. The fourth-order valence-corrected chi connectivity index (χ4v) is 2.82. The highest BCUT2D eigenvalue weighted by Crippen LogP contribution is 2.30. The molecule has 0 amide bonds. The third-order valence-electron chi connectivity index (χ3n) is 3.43. The van der Waals surface area contributed by atoms with Crippen LogP contribution in [0.1, 0.15) is 11.1 Å². The molecule has 21 heavy (non-hydrogen) atoms. The molecule has 1 atom stereocenters. The first-order chi connectivity index (χ1) is 10.2. The van der Waals surface area contributed by atoms with Crippen LogP contribution < -0.4 is 15.2 Å². The second kappa shape index (κ2) is 6.03. The topological polar surface area (TPSA) is 44.5 Å². The molecule has 1 unspecified atom stereocenters. The number of hydrogen-bond acceptors (Lipinski definition) is 3. The Morgan fingerprint density at radius 2 is 2.14 bits per heavy atom. The molecule has 2 N–H and O–H groups in total. The van der Waals surface area contributed by atoms with Crippen LogP contribution in [0, 0.1) is 5.82 Å². The van der Waals surface area contributed by atoms with Crippen molar-refractivity contribution in [2.24, 2.45) is 5.73 Å². The van der Waals surface area contributed by atoms with Crippen molar-refractivity contribution in [3.8, 4) is 11.5 Å². The lowest BCUT2D eigenvalue weighted by Gasteiger charge is -2.15. The van der Waals surface area contributed by atoms with Gasteiger partial charge in [0.1, 0.15) is 30.0 Å². The average molecular weight is 352 g/mol. The van der Waals surface area contributed by atoms with Gasteiger partial charge >= 0.3 is 0 Å². The van der Waals surface area contributed by atoms with Gasteiger partial charge in [-0.05, 0) is 36.4 Å². The smallest absolute Gasteiger partial charge is 0.137 e. The Bertz CT molecular complexity index is 663. The molecule has 110 valence electrons. The van der Waals surface area contributed by atoms with E-state index in [1.807, 2.05) is 18.2 Å². The van der Waals surface area contributed by atoms with Crippen LogP contribution in [0.4, 0.5) is 4.39 Å². The second-order valence-corrected chi connectivity index (χ2v) is 5.88. The molecule has 1 aliphatic rings. The van der Waals surface area contributed by atoms with E-state index in [4.69, 9.17) is 15.2 Å². The largest absolute Gasteiger partial charge is 0.489 e. The molecule has 3 nitrogen and oxygen atoms in total. The zero-order valence-corrected chi connectivity index (χ0v) is 12.9. The number of fused-ring (bicyclic) bond motifs is 1. The Labute approximate surface area is 131 Å². The van der Waals surface area contributed by atoms with Gasteiger partial charge in [0.2, 0.25) is 0 Å². The van der Waals surface area contributed by atoms with Crippen molar-refractivity contribution >= 4 is 15.9 Å². The zero-order valence-electron chi connectivity index (χ0n) is 11.3. The Hall–Kier alpha value is -1.59. The maximum Gasteiger partial charge on any atom is 0.137 e. The van der Waals surface area contributed by atoms with Crippen LogP contribution in [0.25, 0.3) is 0 Å². The van der Waals surface area contributed by atoms with Crippen LogP contribution in [0.2, 0.25) is 0 Å². The van der Waals surface area contributed by atoms with Gasteiger partial charge in [-0.2, -0.15) is 0 Å². The first-order valence-electron chi connectivity index (χ1n) is 6.72. The molecule has 3 rings (SSSR count). The molecule has 0 saturated carbocycles. The fraction of sp³-hybridized carbons (Fsp3) is 0.250. The normalized spacial score (nSPS) is 16.4. The standard InChI is InChI=1S/C16H15BrFNO2/c17-12-1-3-15(11(5-12)8-19)20-9-14-7-10-6-13(18)2-4-16(10)21-14/h1-6,14H,7-9,19H2. The third kappa shape index (κ3) is 3.19. The van der Waals surface area contributed by atoms with Crippen molar-refractivity contribution < 1.29 is 13.9 Å². The van der Waals surface area contributed by atoms with Crippen LogP contribution in [0.3, 0.4) is 0 Å². The first-order valence-corrected chi connectivity index (χ1v) is 7.51. The Morgan fingerprint density at radius 1 is 1.29 bits per heavy atom. The number of nitrogens with two attached hydrogens (primary N) is 1. The number of benzene rings is 2. The molecule has 1 heterocycles. The Morgan fingerprint density at radius 3 is 2.95 bits per heavy atom. The van der Waals surface area contributed by atoms with Gasteiger partial charge in [-0.1, -0.05) is 15.9 Å². The monoisotopic (exact) mass is 351 g/mol. The molecule has 0 aromatic heterocycles. The highest BCUT2D eigenvalue weighted by Gasteiger charge is 2.24. The molecule has 0 bridgehead atoms. The van der Waals surface area contributed by atoms with Gasteiger partial charge in [0.25, 0.3) is 0 Å². The van der Waals surface area contributed by atoms with E-state index in [1.165, 1.54) is 12.1 Å². The summed E-state index contributed by atoms with van der Waals surface area (Å²) >= 11 is 3.41. The summed E-state index contributed by atoms with van der Waals surface area (Å²) in [6.07, 6.45) is 0.553. The van der Waals surface area contributed by atoms with Crippen LogP contribution >= 0.6 is 15.9 Å². The molecule has 0 spiro atoms. The van der Waals surface area contributed by atoms with Crippen LogP contribution in [-0.2, 0) is 13.0 Å². The summed E-state index contributed by atoms with van der Waals surface area (Å²) in [6.45, 7) is 0.816. The maximum absolute atomic E-state index is 13.2. The number of ether oxygens (including phenoxy) is 2. The van der Waals surface area contributed by atoms with E-state index in [2.05, 4.69) is 15.9 Å². The lowest BCUT2D eigenvalue weighted by Crippen LogP contribution is -2.22. The van der Waals surface area contributed by atoms with Gasteiger partial charge in [0, 0.05) is 28.6 Å². The third-order valence-corrected chi connectivity index (χ3v) is 3.92. The van der Waals surface area contributed by atoms with E-state index in [9.17, 15) is 4.39 Å². The SMILES string of the molecule is NCc1cc(Br)ccc1OCC1Cc2cc(F)ccc2O1. The summed E-state index contributed by atoms with van der Waals surface area (Å²) in [4.78, 5) is 0. The summed E-state index contributed by atoms with van der Waals surface area (Å²) in [5.74, 6) is 1.25. The molecule has 2 aromatic rings. The average Bonchev–Trinajstić information content (AvgIpc) is 2.87. The van der Waals surface area contributed by atoms with E-state index in [1.54, 1.807) is 6.07 Å². The van der Waals surface area contributed by atoms with Crippen LogP contribution in [0.15, 0.2) is 40.9 Å². The molecule has 5 heteroatoms. The van der Waals surface area contributed by atoms with Crippen molar-refractivity contribution in [1.29, 1.82) is 0 Å². The van der Waals surface area contributed by atoms with E-state index in [0.29, 0.717) is 19.6 Å². The predicted octanol–water partition coefficient (Wildman–Crippen LogP) is 3.43. The van der Waals surface area contributed by atoms with Gasteiger partial charge in [-0.25, -0.2) is 4.39 Å². The first kappa shape index (κ1) is 14.4. The minimum atomic E-state index is -0.239. The van der Waals surface area contributed by atoms with Crippen molar-refractivity contribution in [2.75, 3.05) is 6.61 Å². The minimum Gasteiger partial charge on any atom is -0.489 e. The molecule has 0 aliphatic carbocycles. The highest BCUT2D eigenvalue weighted by molar-refractivity contribution is 9.10. The molecule has 0 radical (unpaired) electrons. The second-order valence-electron chi connectivity index (χ2n) is 4.96. The van der Waals surface area contributed by atoms with E-state index in [0.717, 1.165) is 27.1 Å². The summed E-state index contributed by atoms with van der Waals surface area (Å²) in [6, 6.07) is 10.3. The predicted molar refractivity (Wildman–Crippen MR) is 82.0 cm³/mol. The highest BCUT2D eigenvalue weighted by atomic mass is 79.9. The number of hydrogen-bond donors (Lipinski definition) is 1. The minimum absolute atomic E-state index is 0.101. The molecule has 1 aliphatic heterocycles. The summed E-state index contributed by atoms with van der Waals surface area (Å²) in [5, 5.41) is 0. The van der Waals surface area contributed by atoms with E-state index in [-0.39, 0.29) is 11.9 Å². The Balaban J connectivity index is 1.65. The molecule has 2 aromatic carbocycles. The van der Waals surface area contributed by atoms with Gasteiger partial charge in [0.15, 0.2) is 0 Å². The zero-order chi connectivity index (χ0) is 14.8. The van der Waals surface area contributed by atoms with Crippen molar-refractivity contribution in [3.63, 3.8) is 0 Å². The number of rotatable bonds is 4. The van der Waals surface area contributed by atoms with Crippen molar-refractivity contribution in [1.82, 2.24) is 0 Å². The lowest BCUT2D eigenvalue weighted by atomic mass is 10.1. The van der Waals surface area contributed by atoms with Crippen molar-refractivity contribution in [2.45, 2.75) is 19.1 Å². The quantitative estimate of drug-likeness (QED) is 0.917. The number of halogens is 2. The summed E-state index contributed by atoms with van der Waals surface area (Å²) in [5.41, 5.74) is 7.54. The Kier molecular flexibility index (Phi) is 4.12. The summed E-state index contributed by atoms with van der Waals surface area (Å²) < 4.78 is 25.7. The van der Waals surface area contributed by atoms with E-state index >= 15 is 0 Å². The van der Waals surface area contributed by atoms with Gasteiger partial charge in [-0.3, -0.25) is 0 Å². The molecule has 0 fully saturated rings. The van der Waals surface area contributed by atoms with Crippen molar-refractivity contribution in [3.05, 3.63) is 57.8 Å². The van der Waals surface area contributed by atoms with Crippen LogP contribution in [0.5, 0.6) is 11.5 Å². The van der Waals surface area contributed by atoms with E-state index < -0.39 is 0 Å². The van der Waals surface area contributed by atoms with Gasteiger partial charge in [-0.15, -0.1) is 0 Å². The molecule has 0 saturated heterocycles. The maximum atomic E-state index is 13.2. The lowest BCUT2D eigenvalue weighted by molar-refractivity contribution is 0.148.